The first-order valence-corrected chi connectivity index (χ1v) is 4.47. The number of carbonyl (C=O) groups is 1. The third-order valence-electron chi connectivity index (χ3n) is 2.33. The van der Waals surface area contributed by atoms with Crippen molar-refractivity contribution in [1.29, 1.82) is 0 Å². The summed E-state index contributed by atoms with van der Waals surface area (Å²) in [6, 6.07) is 0.413. The van der Waals surface area contributed by atoms with Crippen LogP contribution in [0.1, 0.15) is 26.2 Å². The van der Waals surface area contributed by atoms with E-state index < -0.39 is 6.09 Å². The first-order chi connectivity index (χ1) is 5.74. The van der Waals surface area contributed by atoms with Crippen molar-refractivity contribution in [3.05, 3.63) is 0 Å². The third kappa shape index (κ3) is 2.37. The van der Waals surface area contributed by atoms with Crippen LogP contribution in [-0.2, 0) is 0 Å². The molecular formula is C8H16N2O2. The van der Waals surface area contributed by atoms with Crippen molar-refractivity contribution >= 4 is 6.09 Å². The molecular weight excluding hydrogens is 156 g/mol. The van der Waals surface area contributed by atoms with Gasteiger partial charge in [-0.2, -0.15) is 0 Å². The summed E-state index contributed by atoms with van der Waals surface area (Å²) in [5.41, 5.74) is 0. The predicted molar refractivity (Wildman–Crippen MR) is 46.3 cm³/mol. The summed E-state index contributed by atoms with van der Waals surface area (Å²) < 4.78 is 0. The van der Waals surface area contributed by atoms with Crippen molar-refractivity contribution in [1.82, 2.24) is 10.6 Å². The Hall–Kier alpha value is -0.770. The van der Waals surface area contributed by atoms with Gasteiger partial charge in [-0.1, -0.05) is 6.92 Å². The van der Waals surface area contributed by atoms with Crippen LogP contribution in [0.2, 0.25) is 0 Å². The number of rotatable bonds is 3. The zero-order valence-electron chi connectivity index (χ0n) is 7.34. The number of nitrogens with one attached hydrogen (secondary N) is 2. The topological polar surface area (TPSA) is 61.4 Å². The quantitative estimate of drug-likeness (QED) is 0.589. The molecule has 3 N–H and O–H groups in total. The first-order valence-electron chi connectivity index (χ1n) is 4.47. The maximum Gasteiger partial charge on any atom is 0.404 e. The van der Waals surface area contributed by atoms with Crippen molar-refractivity contribution in [3.8, 4) is 0 Å². The van der Waals surface area contributed by atoms with Gasteiger partial charge in [-0.15, -0.1) is 0 Å². The van der Waals surface area contributed by atoms with Crippen LogP contribution in [0.3, 0.4) is 0 Å². The maximum absolute atomic E-state index is 10.4. The Labute approximate surface area is 72.3 Å². The van der Waals surface area contributed by atoms with Gasteiger partial charge in [-0.3, -0.25) is 0 Å². The molecule has 0 aromatic rings. The summed E-state index contributed by atoms with van der Waals surface area (Å²) in [4.78, 5) is 10.4. The lowest BCUT2D eigenvalue weighted by Gasteiger charge is -2.21. The minimum absolute atomic E-state index is 0.0741. The normalized spacial score (nSPS) is 25.2. The molecule has 1 aliphatic rings. The fourth-order valence-corrected chi connectivity index (χ4v) is 1.70. The average molecular weight is 172 g/mol. The minimum Gasteiger partial charge on any atom is -0.465 e. The van der Waals surface area contributed by atoms with Gasteiger partial charge in [0.05, 0.1) is 0 Å². The van der Waals surface area contributed by atoms with Crippen LogP contribution in [0.5, 0.6) is 0 Å². The van der Waals surface area contributed by atoms with E-state index >= 15 is 0 Å². The zero-order valence-corrected chi connectivity index (χ0v) is 7.34. The lowest BCUT2D eigenvalue weighted by Crippen LogP contribution is -2.46. The van der Waals surface area contributed by atoms with E-state index in [0.29, 0.717) is 6.04 Å². The maximum atomic E-state index is 10.4. The molecule has 0 aliphatic carbocycles. The van der Waals surface area contributed by atoms with Crippen LogP contribution < -0.4 is 10.6 Å². The standard InChI is InChI=1S/C8H16N2O2/c1-2-6(10-8(11)12)7-4-3-5-9-7/h6-7,9-10H,2-5H2,1H3,(H,11,12). The highest BCUT2D eigenvalue weighted by Crippen LogP contribution is 2.11. The van der Waals surface area contributed by atoms with E-state index in [0.717, 1.165) is 25.8 Å². The summed E-state index contributed by atoms with van der Waals surface area (Å²) in [5, 5.41) is 14.3. The summed E-state index contributed by atoms with van der Waals surface area (Å²) in [5.74, 6) is 0. The van der Waals surface area contributed by atoms with Crippen LogP contribution in [0.15, 0.2) is 0 Å². The van der Waals surface area contributed by atoms with E-state index in [1.807, 2.05) is 6.92 Å². The molecule has 4 nitrogen and oxygen atoms in total. The van der Waals surface area contributed by atoms with Gasteiger partial charge in [0.25, 0.3) is 0 Å². The van der Waals surface area contributed by atoms with E-state index in [1.165, 1.54) is 0 Å². The van der Waals surface area contributed by atoms with Gasteiger partial charge in [-0.05, 0) is 25.8 Å². The van der Waals surface area contributed by atoms with Crippen molar-refractivity contribution in [2.75, 3.05) is 6.54 Å². The fourth-order valence-electron chi connectivity index (χ4n) is 1.70. The highest BCUT2D eigenvalue weighted by molar-refractivity contribution is 5.64. The molecule has 0 radical (unpaired) electrons. The van der Waals surface area contributed by atoms with E-state index in [1.54, 1.807) is 0 Å². The largest absolute Gasteiger partial charge is 0.465 e. The lowest BCUT2D eigenvalue weighted by atomic mass is 10.0. The summed E-state index contributed by atoms with van der Waals surface area (Å²) in [6.07, 6.45) is 2.17. The summed E-state index contributed by atoms with van der Waals surface area (Å²) in [7, 11) is 0. The molecule has 0 saturated carbocycles. The van der Waals surface area contributed by atoms with Gasteiger partial charge in [0.2, 0.25) is 0 Å². The van der Waals surface area contributed by atoms with Crippen molar-refractivity contribution in [2.24, 2.45) is 0 Å². The molecule has 1 saturated heterocycles. The van der Waals surface area contributed by atoms with Gasteiger partial charge in [0, 0.05) is 12.1 Å². The molecule has 1 aliphatic heterocycles. The Bertz CT molecular complexity index is 155. The molecule has 4 heteroatoms. The van der Waals surface area contributed by atoms with Crippen LogP contribution in [0.4, 0.5) is 4.79 Å². The molecule has 0 bridgehead atoms. The fraction of sp³-hybridized carbons (Fsp3) is 0.875. The van der Waals surface area contributed by atoms with Crippen molar-refractivity contribution in [2.45, 2.75) is 38.3 Å². The molecule has 70 valence electrons. The number of carboxylic acid groups (broad SMARTS) is 1. The molecule has 1 heterocycles. The Morgan fingerprint density at radius 2 is 2.58 bits per heavy atom. The molecule has 1 amide bonds. The molecule has 0 aromatic heterocycles. The van der Waals surface area contributed by atoms with Crippen molar-refractivity contribution < 1.29 is 9.90 Å². The monoisotopic (exact) mass is 172 g/mol. The molecule has 2 atom stereocenters. The molecule has 0 spiro atoms. The van der Waals surface area contributed by atoms with E-state index in [9.17, 15) is 4.79 Å². The number of amides is 1. The highest BCUT2D eigenvalue weighted by Gasteiger charge is 2.23. The number of hydrogen-bond donors (Lipinski definition) is 3. The van der Waals surface area contributed by atoms with Gasteiger partial charge < -0.3 is 15.7 Å². The second-order valence-electron chi connectivity index (χ2n) is 3.17. The van der Waals surface area contributed by atoms with Crippen LogP contribution in [0, 0.1) is 0 Å². The smallest absolute Gasteiger partial charge is 0.404 e. The van der Waals surface area contributed by atoms with E-state index in [-0.39, 0.29) is 6.04 Å². The van der Waals surface area contributed by atoms with Gasteiger partial charge in [-0.25, -0.2) is 4.79 Å². The predicted octanol–water partition coefficient (Wildman–Crippen LogP) is 0.785. The molecule has 1 fully saturated rings. The van der Waals surface area contributed by atoms with Gasteiger partial charge in [0.1, 0.15) is 0 Å². The second-order valence-corrected chi connectivity index (χ2v) is 3.17. The summed E-state index contributed by atoms with van der Waals surface area (Å²) >= 11 is 0. The highest BCUT2D eigenvalue weighted by atomic mass is 16.4. The molecule has 12 heavy (non-hydrogen) atoms. The van der Waals surface area contributed by atoms with Crippen LogP contribution >= 0.6 is 0 Å². The Morgan fingerprint density at radius 1 is 1.83 bits per heavy atom. The number of hydrogen-bond acceptors (Lipinski definition) is 2. The lowest BCUT2D eigenvalue weighted by molar-refractivity contribution is 0.186. The second kappa shape index (κ2) is 4.30. The summed E-state index contributed by atoms with van der Waals surface area (Å²) in [6.45, 7) is 3.02. The first kappa shape index (κ1) is 9.32. The molecule has 1 rings (SSSR count). The Balaban J connectivity index is 2.37. The SMILES string of the molecule is CCC(NC(=O)O)C1CCCN1. The van der Waals surface area contributed by atoms with Gasteiger partial charge >= 0.3 is 6.09 Å². The Morgan fingerprint density at radius 3 is 3.00 bits per heavy atom. The van der Waals surface area contributed by atoms with E-state index in [2.05, 4.69) is 10.6 Å². The molecule has 0 aromatic carbocycles. The Kier molecular flexibility index (Phi) is 3.34. The third-order valence-corrected chi connectivity index (χ3v) is 2.33. The molecule has 2 unspecified atom stereocenters. The van der Waals surface area contributed by atoms with E-state index in [4.69, 9.17) is 5.11 Å². The van der Waals surface area contributed by atoms with Crippen LogP contribution in [0.25, 0.3) is 0 Å². The zero-order chi connectivity index (χ0) is 8.97. The van der Waals surface area contributed by atoms with Crippen LogP contribution in [-0.4, -0.2) is 29.8 Å². The minimum atomic E-state index is -0.921. The van der Waals surface area contributed by atoms with Gasteiger partial charge in [0.15, 0.2) is 0 Å². The van der Waals surface area contributed by atoms with Crippen molar-refractivity contribution in [3.63, 3.8) is 0 Å². The average Bonchev–Trinajstić information content (AvgIpc) is 2.51.